The van der Waals surface area contributed by atoms with Gasteiger partial charge in [-0.1, -0.05) is 13.8 Å². The number of hydrogen-bond donors (Lipinski definition) is 3. The number of nitrogens with one attached hydrogen (secondary N) is 3. The molecular formula is C24H25N7O. The molecule has 0 aliphatic carbocycles. The molecule has 0 bridgehead atoms. The molecule has 3 N–H and O–H groups in total. The Hall–Kier alpha value is -3.52. The van der Waals surface area contributed by atoms with Gasteiger partial charge in [-0.25, -0.2) is 4.98 Å². The number of hydrogen-bond acceptors (Lipinski definition) is 6. The maximum Gasteiger partial charge on any atom is 0.247 e. The zero-order valence-electron chi connectivity index (χ0n) is 18.1. The minimum absolute atomic E-state index is 0.294. The van der Waals surface area contributed by atoms with Gasteiger partial charge in [0.25, 0.3) is 0 Å². The van der Waals surface area contributed by atoms with Crippen molar-refractivity contribution in [1.29, 1.82) is 0 Å². The third-order valence-corrected chi connectivity index (χ3v) is 6.37. The van der Waals surface area contributed by atoms with Crippen molar-refractivity contribution in [3.05, 3.63) is 48.1 Å². The van der Waals surface area contributed by atoms with E-state index in [2.05, 4.69) is 61.7 Å². The summed E-state index contributed by atoms with van der Waals surface area (Å²) in [7, 11) is 0. The minimum Gasteiger partial charge on any atom is -0.420 e. The number of pyridine rings is 1. The Kier molecular flexibility index (Phi) is 4.53. The van der Waals surface area contributed by atoms with E-state index in [0.29, 0.717) is 17.7 Å². The van der Waals surface area contributed by atoms with E-state index in [-0.39, 0.29) is 0 Å². The first-order valence-electron chi connectivity index (χ1n) is 11.2. The summed E-state index contributed by atoms with van der Waals surface area (Å²) in [6.45, 7) is 6.39. The number of rotatable bonds is 4. The fraction of sp³-hybridized carbons (Fsp3) is 0.333. The third kappa shape index (κ3) is 3.10. The zero-order valence-corrected chi connectivity index (χ0v) is 18.1. The van der Waals surface area contributed by atoms with E-state index in [1.165, 1.54) is 10.9 Å². The van der Waals surface area contributed by atoms with Crippen LogP contribution in [-0.2, 0) is 0 Å². The van der Waals surface area contributed by atoms with Gasteiger partial charge in [0.1, 0.15) is 0 Å². The quantitative estimate of drug-likeness (QED) is 0.382. The summed E-state index contributed by atoms with van der Waals surface area (Å²) >= 11 is 0. The molecule has 5 heterocycles. The molecule has 162 valence electrons. The van der Waals surface area contributed by atoms with Crippen molar-refractivity contribution in [1.82, 2.24) is 35.7 Å². The zero-order chi connectivity index (χ0) is 21.7. The predicted molar refractivity (Wildman–Crippen MR) is 123 cm³/mol. The molecule has 32 heavy (non-hydrogen) atoms. The number of H-pyrrole nitrogens is 2. The number of piperidine rings is 1. The maximum absolute atomic E-state index is 6.10. The molecule has 0 saturated carbocycles. The summed E-state index contributed by atoms with van der Waals surface area (Å²) in [5.74, 6) is 1.91. The van der Waals surface area contributed by atoms with E-state index < -0.39 is 0 Å². The standard InChI is InChI=1S/C24H25N7O/c1-13(2)20-17-10-14(23-30-31-24(32-23)15-4-3-8-25-11-15)5-6-19(17)28-21(20)16-7-9-26-22-18(16)12-27-29-22/h5-7,9-10,12-13,15,25,28H,3-4,8,11H2,1-2H3,(H,26,27,29)/t15-/m0/s1. The molecule has 1 atom stereocenters. The Labute approximate surface area is 184 Å². The molecule has 0 spiro atoms. The summed E-state index contributed by atoms with van der Waals surface area (Å²) in [5, 5.41) is 21.4. The van der Waals surface area contributed by atoms with E-state index in [0.717, 1.165) is 65.2 Å². The van der Waals surface area contributed by atoms with Crippen molar-refractivity contribution in [2.45, 2.75) is 38.5 Å². The molecule has 1 saturated heterocycles. The normalized spacial score (nSPS) is 17.0. The lowest BCUT2D eigenvalue weighted by Crippen LogP contribution is -2.28. The second-order valence-corrected chi connectivity index (χ2v) is 8.81. The molecule has 1 aliphatic heterocycles. The first-order valence-corrected chi connectivity index (χ1v) is 11.2. The van der Waals surface area contributed by atoms with Crippen molar-refractivity contribution < 1.29 is 4.42 Å². The summed E-state index contributed by atoms with van der Waals surface area (Å²) in [5.41, 5.74) is 6.25. The number of fused-ring (bicyclic) bond motifs is 2. The Morgan fingerprint density at radius 1 is 1.12 bits per heavy atom. The van der Waals surface area contributed by atoms with Crippen LogP contribution in [0.4, 0.5) is 0 Å². The van der Waals surface area contributed by atoms with Gasteiger partial charge in [0.2, 0.25) is 11.8 Å². The largest absolute Gasteiger partial charge is 0.420 e. The Morgan fingerprint density at radius 2 is 2.06 bits per heavy atom. The number of nitrogens with zero attached hydrogens (tertiary/aromatic N) is 4. The van der Waals surface area contributed by atoms with Crippen LogP contribution in [0.3, 0.4) is 0 Å². The van der Waals surface area contributed by atoms with Gasteiger partial charge in [-0.05, 0) is 55.1 Å². The summed E-state index contributed by atoms with van der Waals surface area (Å²) in [4.78, 5) is 8.02. The fourth-order valence-electron chi connectivity index (χ4n) is 4.81. The van der Waals surface area contributed by atoms with Crippen LogP contribution in [0.15, 0.2) is 41.1 Å². The Bertz CT molecular complexity index is 1400. The fourth-order valence-corrected chi connectivity index (χ4v) is 4.81. The molecule has 8 nitrogen and oxygen atoms in total. The Balaban J connectivity index is 1.46. The van der Waals surface area contributed by atoms with E-state index in [1.807, 2.05) is 24.5 Å². The number of aromatic amines is 2. The van der Waals surface area contributed by atoms with Gasteiger partial charge in [-0.2, -0.15) is 5.10 Å². The highest BCUT2D eigenvalue weighted by molar-refractivity contribution is 5.99. The third-order valence-electron chi connectivity index (χ3n) is 6.37. The first kappa shape index (κ1) is 19.2. The second kappa shape index (κ2) is 7.56. The van der Waals surface area contributed by atoms with Crippen LogP contribution in [0.1, 0.15) is 50.0 Å². The van der Waals surface area contributed by atoms with Gasteiger partial charge in [0.15, 0.2) is 5.65 Å². The van der Waals surface area contributed by atoms with Crippen LogP contribution in [0.25, 0.3) is 44.6 Å². The van der Waals surface area contributed by atoms with Crippen molar-refractivity contribution in [2.75, 3.05) is 13.1 Å². The lowest BCUT2D eigenvalue weighted by molar-refractivity contribution is 0.380. The van der Waals surface area contributed by atoms with Crippen molar-refractivity contribution in [3.63, 3.8) is 0 Å². The van der Waals surface area contributed by atoms with Crippen molar-refractivity contribution >= 4 is 21.9 Å². The van der Waals surface area contributed by atoms with Gasteiger partial charge in [-0.3, -0.25) is 5.10 Å². The lowest BCUT2D eigenvalue weighted by atomic mass is 9.95. The average Bonchev–Trinajstić information content (AvgIpc) is 3.56. The van der Waals surface area contributed by atoms with Gasteiger partial charge in [-0.15, -0.1) is 10.2 Å². The molecular weight excluding hydrogens is 402 g/mol. The van der Waals surface area contributed by atoms with Gasteiger partial charge in [0.05, 0.1) is 11.9 Å². The Morgan fingerprint density at radius 3 is 2.91 bits per heavy atom. The molecule has 6 rings (SSSR count). The highest BCUT2D eigenvalue weighted by atomic mass is 16.4. The second-order valence-electron chi connectivity index (χ2n) is 8.81. The highest BCUT2D eigenvalue weighted by Crippen LogP contribution is 2.39. The molecule has 1 fully saturated rings. The molecule has 0 amide bonds. The van der Waals surface area contributed by atoms with Crippen LogP contribution < -0.4 is 5.32 Å². The van der Waals surface area contributed by atoms with Crippen LogP contribution in [0, 0.1) is 0 Å². The van der Waals surface area contributed by atoms with Crippen LogP contribution in [0.2, 0.25) is 0 Å². The number of aromatic nitrogens is 6. The number of benzene rings is 1. The average molecular weight is 428 g/mol. The van der Waals surface area contributed by atoms with E-state index in [4.69, 9.17) is 4.42 Å². The molecule has 1 aromatic carbocycles. The summed E-state index contributed by atoms with van der Waals surface area (Å²) < 4.78 is 6.10. The van der Waals surface area contributed by atoms with Crippen LogP contribution in [-0.4, -0.2) is 43.5 Å². The predicted octanol–water partition coefficient (Wildman–Crippen LogP) is 4.75. The van der Waals surface area contributed by atoms with Gasteiger partial charge < -0.3 is 14.7 Å². The first-order chi connectivity index (χ1) is 15.7. The molecule has 0 radical (unpaired) electrons. The maximum atomic E-state index is 6.10. The monoisotopic (exact) mass is 427 g/mol. The molecule has 1 aliphatic rings. The van der Waals surface area contributed by atoms with E-state index in [9.17, 15) is 0 Å². The minimum atomic E-state index is 0.294. The molecule has 0 unspecified atom stereocenters. The van der Waals surface area contributed by atoms with Crippen LogP contribution >= 0.6 is 0 Å². The van der Waals surface area contributed by atoms with Gasteiger partial charge >= 0.3 is 0 Å². The van der Waals surface area contributed by atoms with Gasteiger partial charge in [0, 0.05) is 46.1 Å². The van der Waals surface area contributed by atoms with Crippen molar-refractivity contribution in [2.24, 2.45) is 0 Å². The van der Waals surface area contributed by atoms with E-state index in [1.54, 1.807) is 0 Å². The lowest BCUT2D eigenvalue weighted by Gasteiger charge is -2.18. The topological polar surface area (TPSA) is 108 Å². The SMILES string of the molecule is CC(C)c1c(-c2ccnc3[nH]ncc23)[nH]c2ccc(-c3nnc([C@H]4CCCNC4)o3)cc12. The van der Waals surface area contributed by atoms with Crippen LogP contribution in [0.5, 0.6) is 0 Å². The molecule has 8 heteroatoms. The summed E-state index contributed by atoms with van der Waals surface area (Å²) in [6.07, 6.45) is 5.87. The van der Waals surface area contributed by atoms with E-state index >= 15 is 0 Å². The van der Waals surface area contributed by atoms with Crippen molar-refractivity contribution in [3.8, 4) is 22.7 Å². The molecule has 5 aromatic rings. The molecule has 4 aromatic heterocycles. The highest BCUT2D eigenvalue weighted by Gasteiger charge is 2.23. The smallest absolute Gasteiger partial charge is 0.247 e. The summed E-state index contributed by atoms with van der Waals surface area (Å²) in [6, 6.07) is 8.34.